The molecule has 0 aromatic carbocycles. The lowest BCUT2D eigenvalue weighted by molar-refractivity contribution is -0.143. The first-order chi connectivity index (χ1) is 13.2. The molecule has 2 bridgehead atoms. The number of hydrogen-bond acceptors (Lipinski definition) is 5. The van der Waals surface area contributed by atoms with Crippen molar-refractivity contribution in [3.8, 4) is 0 Å². The molecule has 0 saturated carbocycles. The lowest BCUT2D eigenvalue weighted by Gasteiger charge is -2.32. The highest BCUT2D eigenvalue weighted by molar-refractivity contribution is 7.99. The normalized spacial score (nSPS) is 38.7. The van der Waals surface area contributed by atoms with Crippen molar-refractivity contribution in [3.63, 3.8) is 0 Å². The van der Waals surface area contributed by atoms with Gasteiger partial charge in [0, 0.05) is 37.7 Å². The number of thioether (sulfide) groups is 1. The number of likely N-dealkylation sites (tertiary alicyclic amines) is 2. The fourth-order valence-electron chi connectivity index (χ4n) is 5.49. The number of ether oxygens (including phenoxy) is 1. The monoisotopic (exact) mass is 391 g/mol. The summed E-state index contributed by atoms with van der Waals surface area (Å²) in [5.74, 6) is 1.59. The molecule has 2 unspecified atom stereocenters. The van der Waals surface area contributed by atoms with Gasteiger partial charge in [0.15, 0.2) is 0 Å². The van der Waals surface area contributed by atoms with Crippen LogP contribution in [0.4, 0.5) is 0 Å². The zero-order chi connectivity index (χ0) is 18.4. The predicted molar refractivity (Wildman–Crippen MR) is 105 cm³/mol. The van der Waals surface area contributed by atoms with E-state index in [1.165, 1.54) is 19.3 Å². The van der Waals surface area contributed by atoms with Crippen molar-refractivity contribution in [1.82, 2.24) is 14.7 Å². The summed E-state index contributed by atoms with van der Waals surface area (Å²) in [7, 11) is 0. The molecule has 7 heteroatoms. The summed E-state index contributed by atoms with van der Waals surface area (Å²) in [5.41, 5.74) is -0.561. The first-order valence-corrected chi connectivity index (χ1v) is 11.6. The number of carbonyl (C=O) groups excluding carboxylic acids is 2. The van der Waals surface area contributed by atoms with Crippen LogP contribution in [-0.2, 0) is 14.3 Å². The summed E-state index contributed by atoms with van der Waals surface area (Å²) in [5, 5.41) is 0. The Morgan fingerprint density at radius 1 is 1.15 bits per heavy atom. The van der Waals surface area contributed by atoms with Crippen molar-refractivity contribution in [2.75, 3.05) is 57.3 Å². The maximum atomic E-state index is 13.3. The minimum absolute atomic E-state index is 0.128. The van der Waals surface area contributed by atoms with Crippen molar-refractivity contribution < 1.29 is 14.3 Å². The Balaban J connectivity index is 1.29. The largest absolute Gasteiger partial charge is 0.360 e. The van der Waals surface area contributed by atoms with Crippen LogP contribution in [0, 0.1) is 11.8 Å². The van der Waals surface area contributed by atoms with E-state index in [1.807, 2.05) is 27.6 Å². The maximum Gasteiger partial charge on any atom is 0.230 e. The van der Waals surface area contributed by atoms with Crippen molar-refractivity contribution in [2.24, 2.45) is 11.8 Å². The molecule has 4 fully saturated rings. The molecule has 5 rings (SSSR count). The molecule has 0 N–H and O–H groups in total. The lowest BCUT2D eigenvalue weighted by Crippen LogP contribution is -2.48. The second-order valence-electron chi connectivity index (χ2n) is 8.50. The average Bonchev–Trinajstić information content (AvgIpc) is 3.35. The molecule has 0 radical (unpaired) electrons. The van der Waals surface area contributed by atoms with Gasteiger partial charge in [-0.15, -0.1) is 0 Å². The van der Waals surface area contributed by atoms with Crippen LogP contribution < -0.4 is 0 Å². The minimum atomic E-state index is -0.561. The Morgan fingerprint density at radius 3 is 2.70 bits per heavy atom. The number of hydrogen-bond donors (Lipinski definition) is 0. The van der Waals surface area contributed by atoms with Gasteiger partial charge >= 0.3 is 0 Å². The van der Waals surface area contributed by atoms with Crippen molar-refractivity contribution in [1.29, 1.82) is 0 Å². The third-order valence-electron chi connectivity index (χ3n) is 6.92. The lowest BCUT2D eigenvalue weighted by atomic mass is 9.76. The molecule has 0 aliphatic carbocycles. The smallest absolute Gasteiger partial charge is 0.230 e. The number of piperidine rings is 1. The zero-order valence-electron chi connectivity index (χ0n) is 15.8. The van der Waals surface area contributed by atoms with Gasteiger partial charge in [0.1, 0.15) is 5.60 Å². The molecule has 2 amide bonds. The van der Waals surface area contributed by atoms with Gasteiger partial charge < -0.3 is 19.4 Å². The summed E-state index contributed by atoms with van der Waals surface area (Å²) < 4.78 is 6.26. The van der Waals surface area contributed by atoms with E-state index in [-0.39, 0.29) is 29.8 Å². The van der Waals surface area contributed by atoms with Crippen LogP contribution in [-0.4, -0.2) is 95.5 Å². The summed E-state index contributed by atoms with van der Waals surface area (Å²) in [6.45, 7) is 6.17. The second kappa shape index (κ2) is 7.08. The average molecular weight is 392 g/mol. The van der Waals surface area contributed by atoms with Gasteiger partial charge in [0.05, 0.1) is 24.5 Å². The van der Waals surface area contributed by atoms with E-state index in [9.17, 15) is 9.59 Å². The number of carbonyl (C=O) groups is 2. The van der Waals surface area contributed by atoms with Crippen molar-refractivity contribution >= 4 is 23.6 Å². The molecular weight excluding hydrogens is 362 g/mol. The number of fused-ring (bicyclic) bond motifs is 1. The molecule has 5 aliphatic rings. The second-order valence-corrected chi connectivity index (χ2v) is 9.72. The van der Waals surface area contributed by atoms with Gasteiger partial charge in [0.2, 0.25) is 11.8 Å². The first kappa shape index (κ1) is 18.0. The highest BCUT2D eigenvalue weighted by Crippen LogP contribution is 2.52. The fraction of sp³-hybridized carbons (Fsp3) is 0.800. The molecule has 27 heavy (non-hydrogen) atoms. The SMILES string of the molecule is O=C(C1C2C(=O)N(CCN3CCCCC3)C[C@@]23C=C[C@@H]1O3)N1CCSCC1. The number of amides is 2. The Labute approximate surface area is 165 Å². The highest BCUT2D eigenvalue weighted by Gasteiger charge is 2.67. The zero-order valence-corrected chi connectivity index (χ0v) is 16.7. The molecule has 5 heterocycles. The van der Waals surface area contributed by atoms with Gasteiger partial charge in [-0.1, -0.05) is 18.6 Å². The molecular formula is C20H29N3O3S. The molecule has 148 valence electrons. The van der Waals surface area contributed by atoms with Gasteiger partial charge in [-0.25, -0.2) is 0 Å². The highest BCUT2D eigenvalue weighted by atomic mass is 32.2. The Hall–Kier alpha value is -1.05. The first-order valence-electron chi connectivity index (χ1n) is 10.4. The molecule has 0 aromatic rings. The van der Waals surface area contributed by atoms with E-state index in [0.29, 0.717) is 6.54 Å². The number of rotatable bonds is 4. The van der Waals surface area contributed by atoms with Gasteiger partial charge in [-0.05, 0) is 25.9 Å². The van der Waals surface area contributed by atoms with E-state index in [1.54, 1.807) is 0 Å². The third kappa shape index (κ3) is 3.02. The van der Waals surface area contributed by atoms with Crippen molar-refractivity contribution in [2.45, 2.75) is 31.0 Å². The summed E-state index contributed by atoms with van der Waals surface area (Å²) in [6, 6.07) is 0. The molecule has 6 nitrogen and oxygen atoms in total. The van der Waals surface area contributed by atoms with Crippen LogP contribution in [0.3, 0.4) is 0 Å². The minimum Gasteiger partial charge on any atom is -0.360 e. The molecule has 1 spiro atoms. The molecule has 4 atom stereocenters. The predicted octanol–water partition coefficient (Wildman–Crippen LogP) is 0.830. The molecule has 0 aromatic heterocycles. The standard InChI is InChI=1S/C20H29N3O3S/c24-18(22-10-12-27-13-11-22)16-15-4-5-20(26-15)14-23(19(25)17(16)20)9-8-21-6-2-1-3-7-21/h4-5,15-17H,1-3,6-14H2/t15-,16?,17?,20-/m0/s1. The van der Waals surface area contributed by atoms with Gasteiger partial charge in [-0.2, -0.15) is 11.8 Å². The fourth-order valence-corrected chi connectivity index (χ4v) is 6.39. The summed E-state index contributed by atoms with van der Waals surface area (Å²) >= 11 is 1.89. The van der Waals surface area contributed by atoms with E-state index in [4.69, 9.17) is 4.74 Å². The maximum absolute atomic E-state index is 13.3. The van der Waals surface area contributed by atoms with E-state index < -0.39 is 5.60 Å². The van der Waals surface area contributed by atoms with Crippen LogP contribution >= 0.6 is 11.8 Å². The van der Waals surface area contributed by atoms with Crippen LogP contribution in [0.25, 0.3) is 0 Å². The van der Waals surface area contributed by atoms with E-state index >= 15 is 0 Å². The van der Waals surface area contributed by atoms with Crippen LogP contribution in [0.2, 0.25) is 0 Å². The Bertz CT molecular complexity index is 644. The topological polar surface area (TPSA) is 53.1 Å². The van der Waals surface area contributed by atoms with Gasteiger partial charge in [0.25, 0.3) is 0 Å². The van der Waals surface area contributed by atoms with Crippen molar-refractivity contribution in [3.05, 3.63) is 12.2 Å². The van der Waals surface area contributed by atoms with Crippen LogP contribution in [0.1, 0.15) is 19.3 Å². The summed E-state index contributed by atoms with van der Waals surface area (Å²) in [6.07, 6.45) is 7.72. The Kier molecular flexibility index (Phi) is 4.72. The quantitative estimate of drug-likeness (QED) is 0.665. The van der Waals surface area contributed by atoms with Crippen LogP contribution in [0.5, 0.6) is 0 Å². The van der Waals surface area contributed by atoms with E-state index in [2.05, 4.69) is 11.0 Å². The number of nitrogens with zero attached hydrogens (tertiary/aromatic N) is 3. The molecule has 4 saturated heterocycles. The summed E-state index contributed by atoms with van der Waals surface area (Å²) in [4.78, 5) is 32.8. The van der Waals surface area contributed by atoms with Gasteiger partial charge in [-0.3, -0.25) is 9.59 Å². The van der Waals surface area contributed by atoms with Crippen LogP contribution in [0.15, 0.2) is 12.2 Å². The van der Waals surface area contributed by atoms with E-state index in [0.717, 1.165) is 50.8 Å². The molecule has 5 aliphatic heterocycles. The third-order valence-corrected chi connectivity index (χ3v) is 7.86. The Morgan fingerprint density at radius 2 is 1.93 bits per heavy atom.